The van der Waals surface area contributed by atoms with Crippen molar-refractivity contribution in [2.45, 2.75) is 116 Å². The van der Waals surface area contributed by atoms with E-state index in [1.165, 1.54) is 6.42 Å². The molecule has 4 N–H and O–H groups in total. The minimum absolute atomic E-state index is 0.0558. The number of nitrogens with zero attached hydrogens (tertiary/aromatic N) is 2. The van der Waals surface area contributed by atoms with Crippen LogP contribution in [0.2, 0.25) is 0 Å². The summed E-state index contributed by atoms with van der Waals surface area (Å²) in [5, 5.41) is 11.8. The average molecular weight is 619 g/mol. The molecule has 11 heteroatoms. The Labute approximate surface area is 264 Å². The molecule has 0 aromatic rings. The van der Waals surface area contributed by atoms with Gasteiger partial charge in [-0.3, -0.25) is 24.0 Å². The van der Waals surface area contributed by atoms with Crippen LogP contribution in [0.5, 0.6) is 0 Å². The first-order chi connectivity index (χ1) is 20.9. The topological polar surface area (TPSA) is 140 Å². The number of amides is 4. The molecule has 11 nitrogen and oxygen atoms in total. The van der Waals surface area contributed by atoms with Gasteiger partial charge in [0.2, 0.25) is 23.6 Å². The Morgan fingerprint density at radius 3 is 2.25 bits per heavy atom. The van der Waals surface area contributed by atoms with Gasteiger partial charge in [0.15, 0.2) is 5.78 Å². The molecule has 3 fully saturated rings. The number of ketones is 1. The summed E-state index contributed by atoms with van der Waals surface area (Å²) in [6, 6.07) is -1.54. The van der Waals surface area contributed by atoms with Gasteiger partial charge in [-0.1, -0.05) is 52.9 Å². The van der Waals surface area contributed by atoms with Crippen LogP contribution < -0.4 is 21.3 Å². The fourth-order valence-electron chi connectivity index (χ4n) is 6.56. The third kappa shape index (κ3) is 10.8. The molecule has 0 spiro atoms. The maximum atomic E-state index is 13.9. The lowest BCUT2D eigenvalue weighted by molar-refractivity contribution is -0.137. The number of likely N-dealkylation sites (N-methyl/N-ethyl adjacent to an activating group) is 1. The molecule has 1 saturated carbocycles. The van der Waals surface area contributed by atoms with Crippen LogP contribution >= 0.6 is 0 Å². The van der Waals surface area contributed by atoms with Crippen LogP contribution in [0.15, 0.2) is 0 Å². The van der Waals surface area contributed by atoms with E-state index in [0.29, 0.717) is 25.2 Å². The second-order valence-corrected chi connectivity index (χ2v) is 13.9. The summed E-state index contributed by atoms with van der Waals surface area (Å²) < 4.78 is 0. The average Bonchev–Trinajstić information content (AvgIpc) is 2.99. The SMILES string of the molecule is CC[C@@H]1NC(=O)[C@H](CCCN2CCN(C)CC2)CC(=O)[C@](C)(NC(=O)C(C)C)CCNC(=O)[C@@H](CC2CCCCC2)NC1=O. The molecule has 44 heavy (non-hydrogen) atoms. The van der Waals surface area contributed by atoms with E-state index in [1.807, 2.05) is 6.92 Å². The van der Waals surface area contributed by atoms with Crippen LogP contribution in [0.4, 0.5) is 0 Å². The van der Waals surface area contributed by atoms with E-state index >= 15 is 0 Å². The van der Waals surface area contributed by atoms with Crippen LogP contribution in [0.25, 0.3) is 0 Å². The van der Waals surface area contributed by atoms with E-state index in [4.69, 9.17) is 0 Å². The third-order valence-electron chi connectivity index (χ3n) is 9.86. The molecular formula is C33H58N6O5. The summed E-state index contributed by atoms with van der Waals surface area (Å²) in [7, 11) is 2.11. The number of hydrogen-bond acceptors (Lipinski definition) is 7. The number of nitrogens with one attached hydrogen (secondary N) is 4. The Bertz CT molecular complexity index is 991. The van der Waals surface area contributed by atoms with Gasteiger partial charge in [-0.25, -0.2) is 0 Å². The minimum atomic E-state index is -1.25. The molecule has 2 saturated heterocycles. The molecule has 0 aromatic carbocycles. The van der Waals surface area contributed by atoms with Crippen molar-refractivity contribution >= 4 is 29.4 Å². The lowest BCUT2D eigenvalue weighted by atomic mass is 9.83. The smallest absolute Gasteiger partial charge is 0.243 e. The van der Waals surface area contributed by atoms with Crippen molar-refractivity contribution in [3.63, 3.8) is 0 Å². The predicted molar refractivity (Wildman–Crippen MR) is 171 cm³/mol. The van der Waals surface area contributed by atoms with Crippen molar-refractivity contribution in [2.24, 2.45) is 17.8 Å². The van der Waals surface area contributed by atoms with Crippen molar-refractivity contribution in [1.82, 2.24) is 31.1 Å². The highest BCUT2D eigenvalue weighted by molar-refractivity contribution is 5.97. The molecule has 0 radical (unpaired) electrons. The highest BCUT2D eigenvalue weighted by Crippen LogP contribution is 2.28. The van der Waals surface area contributed by atoms with Crippen LogP contribution in [0.3, 0.4) is 0 Å². The van der Waals surface area contributed by atoms with E-state index in [0.717, 1.165) is 64.8 Å². The van der Waals surface area contributed by atoms with Gasteiger partial charge in [-0.2, -0.15) is 0 Å². The Morgan fingerprint density at radius 1 is 0.955 bits per heavy atom. The van der Waals surface area contributed by atoms with Crippen molar-refractivity contribution < 1.29 is 24.0 Å². The number of carbonyl (C=O) groups excluding carboxylic acids is 5. The maximum absolute atomic E-state index is 13.9. The van der Waals surface area contributed by atoms with Crippen LogP contribution in [0.1, 0.15) is 98.3 Å². The first-order valence-corrected chi connectivity index (χ1v) is 17.1. The summed E-state index contributed by atoms with van der Waals surface area (Å²) in [4.78, 5) is 72.0. The van der Waals surface area contributed by atoms with E-state index in [9.17, 15) is 24.0 Å². The van der Waals surface area contributed by atoms with Gasteiger partial charge < -0.3 is 31.1 Å². The van der Waals surface area contributed by atoms with Gasteiger partial charge in [0.25, 0.3) is 0 Å². The summed E-state index contributed by atoms with van der Waals surface area (Å²) in [6.07, 6.45) is 7.75. The Hall–Kier alpha value is -2.53. The zero-order valence-corrected chi connectivity index (χ0v) is 27.8. The van der Waals surface area contributed by atoms with Crippen molar-refractivity contribution in [1.29, 1.82) is 0 Å². The summed E-state index contributed by atoms with van der Waals surface area (Å²) >= 11 is 0. The molecular weight excluding hydrogens is 560 g/mol. The zero-order chi connectivity index (χ0) is 32.3. The fraction of sp³-hybridized carbons (Fsp3) is 0.848. The molecule has 0 unspecified atom stereocenters. The molecule has 0 aromatic heterocycles. The van der Waals surface area contributed by atoms with E-state index in [2.05, 4.69) is 38.1 Å². The Kier molecular flexibility index (Phi) is 14.1. The van der Waals surface area contributed by atoms with Gasteiger partial charge in [0, 0.05) is 51.0 Å². The summed E-state index contributed by atoms with van der Waals surface area (Å²) in [5.74, 6) is -2.11. The second-order valence-electron chi connectivity index (χ2n) is 13.9. The molecule has 250 valence electrons. The maximum Gasteiger partial charge on any atom is 0.243 e. The van der Waals surface area contributed by atoms with Gasteiger partial charge in [0.05, 0.1) is 5.54 Å². The van der Waals surface area contributed by atoms with Gasteiger partial charge >= 0.3 is 0 Å². The standard InChI is InChI=1S/C33H58N6O5/c1-6-26-32(44)36-27(21-24-11-8-7-9-12-24)31(43)34-15-14-33(4,37-29(41)23(2)3)28(40)22-25(30(42)35-26)13-10-16-39-19-17-38(5)18-20-39/h23-27H,6-22H2,1-5H3,(H,34,43)(H,35,42)(H,36,44)(H,37,41)/t25-,26+,27-,33-/m1/s1. The van der Waals surface area contributed by atoms with Crippen molar-refractivity contribution in [2.75, 3.05) is 46.3 Å². The van der Waals surface area contributed by atoms with Crippen LogP contribution in [-0.4, -0.2) is 103 Å². The number of Topliss-reactive ketones (excluding diaryl/α,β-unsaturated/α-hetero) is 1. The molecule has 3 aliphatic rings. The molecule has 3 rings (SSSR count). The monoisotopic (exact) mass is 618 g/mol. The van der Waals surface area contributed by atoms with E-state index in [-0.39, 0.29) is 54.7 Å². The first kappa shape index (κ1) is 35.9. The largest absolute Gasteiger partial charge is 0.354 e. The zero-order valence-electron chi connectivity index (χ0n) is 27.8. The van der Waals surface area contributed by atoms with Crippen LogP contribution in [0, 0.1) is 17.8 Å². The molecule has 1 aliphatic carbocycles. The highest BCUT2D eigenvalue weighted by Gasteiger charge is 2.39. The number of hydrogen-bond donors (Lipinski definition) is 4. The molecule has 2 aliphatic heterocycles. The third-order valence-corrected chi connectivity index (χ3v) is 9.86. The normalized spacial score (nSPS) is 29.5. The van der Waals surface area contributed by atoms with Crippen LogP contribution in [-0.2, 0) is 24.0 Å². The number of rotatable bonds is 9. The molecule has 4 amide bonds. The number of carbonyl (C=O) groups is 5. The summed E-state index contributed by atoms with van der Waals surface area (Å²) in [6.45, 7) is 12.0. The Morgan fingerprint density at radius 2 is 1.61 bits per heavy atom. The lowest BCUT2D eigenvalue weighted by Crippen LogP contribution is -2.58. The van der Waals surface area contributed by atoms with Gasteiger partial charge in [-0.05, 0) is 58.5 Å². The van der Waals surface area contributed by atoms with Crippen molar-refractivity contribution in [3.8, 4) is 0 Å². The van der Waals surface area contributed by atoms with Gasteiger partial charge in [-0.15, -0.1) is 0 Å². The lowest BCUT2D eigenvalue weighted by Gasteiger charge is -2.34. The van der Waals surface area contributed by atoms with Gasteiger partial charge in [0.1, 0.15) is 12.1 Å². The van der Waals surface area contributed by atoms with E-state index < -0.39 is 23.5 Å². The fourth-order valence-corrected chi connectivity index (χ4v) is 6.56. The minimum Gasteiger partial charge on any atom is -0.354 e. The Balaban J connectivity index is 1.83. The molecule has 2 heterocycles. The first-order valence-electron chi connectivity index (χ1n) is 17.1. The van der Waals surface area contributed by atoms with Crippen molar-refractivity contribution in [3.05, 3.63) is 0 Å². The quantitative estimate of drug-likeness (QED) is 0.310. The van der Waals surface area contributed by atoms with E-state index in [1.54, 1.807) is 20.8 Å². The predicted octanol–water partition coefficient (Wildman–Crippen LogP) is 1.99. The molecule has 4 atom stereocenters. The molecule has 0 bridgehead atoms. The highest BCUT2D eigenvalue weighted by atomic mass is 16.2. The second kappa shape index (κ2) is 17.2. The number of piperazine rings is 1. The summed E-state index contributed by atoms with van der Waals surface area (Å²) in [5.41, 5.74) is -1.25.